The van der Waals surface area contributed by atoms with Crippen molar-refractivity contribution in [3.63, 3.8) is 0 Å². The minimum Gasteiger partial charge on any atom is -0.466 e. The van der Waals surface area contributed by atoms with Crippen LogP contribution < -0.4 is 0 Å². The molecule has 10 nitrogen and oxygen atoms in total. The summed E-state index contributed by atoms with van der Waals surface area (Å²) in [5, 5.41) is 0. The Morgan fingerprint density at radius 1 is 0.581 bits per heavy atom. The van der Waals surface area contributed by atoms with E-state index in [4.69, 9.17) is 37.9 Å². The van der Waals surface area contributed by atoms with Crippen molar-refractivity contribution in [2.24, 2.45) is 0 Å². The molecule has 0 radical (unpaired) electrons. The highest BCUT2D eigenvalue weighted by Crippen LogP contribution is 1.92. The van der Waals surface area contributed by atoms with Crippen LogP contribution in [0.4, 0.5) is 0 Å². The maximum atomic E-state index is 11.1. The third kappa shape index (κ3) is 22.9. The highest BCUT2D eigenvalue weighted by atomic mass is 16.6. The van der Waals surface area contributed by atoms with E-state index in [1.54, 1.807) is 13.8 Å². The minimum absolute atomic E-state index is 0.199. The average molecular weight is 451 g/mol. The van der Waals surface area contributed by atoms with Gasteiger partial charge in [-0.2, -0.15) is 0 Å². The normalized spacial score (nSPS) is 10.8. The van der Waals surface area contributed by atoms with E-state index in [1.807, 2.05) is 0 Å². The molecule has 182 valence electrons. The van der Waals surface area contributed by atoms with Gasteiger partial charge in [-0.05, 0) is 13.8 Å². The van der Waals surface area contributed by atoms with Gasteiger partial charge in [0.2, 0.25) is 0 Å². The molecular formula is C21H38O10. The molecule has 0 amide bonds. The maximum absolute atomic E-state index is 11.1. The van der Waals surface area contributed by atoms with Crippen molar-refractivity contribution in [2.45, 2.75) is 20.3 Å². The summed E-state index contributed by atoms with van der Waals surface area (Å²) in [4.78, 5) is 22.2. The van der Waals surface area contributed by atoms with Crippen LogP contribution in [-0.4, -0.2) is 104 Å². The van der Waals surface area contributed by atoms with Gasteiger partial charge in [0.15, 0.2) is 0 Å². The number of rotatable bonds is 23. The summed E-state index contributed by atoms with van der Waals surface area (Å²) in [6.45, 7) is 12.7. The highest BCUT2D eigenvalue weighted by Gasteiger charge is 2.02. The summed E-state index contributed by atoms with van der Waals surface area (Å²) >= 11 is 0. The van der Waals surface area contributed by atoms with Crippen LogP contribution in [0.2, 0.25) is 0 Å². The molecular weight excluding hydrogens is 412 g/mol. The summed E-state index contributed by atoms with van der Waals surface area (Å²) in [6.07, 6.45) is 0.255. The van der Waals surface area contributed by atoms with Crippen LogP contribution in [0.5, 0.6) is 0 Å². The van der Waals surface area contributed by atoms with Gasteiger partial charge in [-0.25, -0.2) is 4.79 Å². The quantitative estimate of drug-likeness (QED) is 0.128. The van der Waals surface area contributed by atoms with Crippen LogP contribution in [0.25, 0.3) is 0 Å². The molecule has 0 aliphatic carbocycles. The van der Waals surface area contributed by atoms with Crippen molar-refractivity contribution < 1.29 is 47.5 Å². The number of hydrogen-bond donors (Lipinski definition) is 0. The zero-order valence-corrected chi connectivity index (χ0v) is 18.9. The Hall–Kier alpha value is -1.56. The summed E-state index contributed by atoms with van der Waals surface area (Å²) < 4.78 is 41.7. The first-order valence-corrected chi connectivity index (χ1v) is 10.5. The van der Waals surface area contributed by atoms with Crippen LogP contribution in [-0.2, 0) is 47.5 Å². The van der Waals surface area contributed by atoms with Gasteiger partial charge in [0.25, 0.3) is 0 Å². The van der Waals surface area contributed by atoms with E-state index < -0.39 is 5.97 Å². The van der Waals surface area contributed by atoms with Crippen LogP contribution in [0.15, 0.2) is 12.2 Å². The molecule has 0 aromatic heterocycles. The van der Waals surface area contributed by atoms with Gasteiger partial charge in [0.05, 0.1) is 92.3 Å². The monoisotopic (exact) mass is 450 g/mol. The molecule has 0 bridgehead atoms. The molecule has 0 spiro atoms. The van der Waals surface area contributed by atoms with Crippen molar-refractivity contribution in [2.75, 3.05) is 92.5 Å². The standard InChI is InChI=1S/C21H38O10/c1-4-30-20(22)5-6-24-7-8-25-9-10-26-11-12-27-13-14-28-15-16-29-17-18-31-21(23)19(2)3/h2,4-18H2,1,3H3. The third-order valence-corrected chi connectivity index (χ3v) is 3.43. The molecule has 0 unspecified atom stereocenters. The molecule has 31 heavy (non-hydrogen) atoms. The Morgan fingerprint density at radius 3 is 1.29 bits per heavy atom. The summed E-state index contributed by atoms with van der Waals surface area (Å²) in [6, 6.07) is 0. The predicted octanol–water partition coefficient (Wildman–Crippen LogP) is 1.16. The number of carbonyl (C=O) groups excluding carboxylic acids is 2. The number of ether oxygens (including phenoxy) is 8. The van der Waals surface area contributed by atoms with Crippen molar-refractivity contribution in [3.8, 4) is 0 Å². The topological polar surface area (TPSA) is 108 Å². The van der Waals surface area contributed by atoms with Gasteiger partial charge in [0, 0.05) is 5.57 Å². The zero-order valence-electron chi connectivity index (χ0n) is 18.9. The van der Waals surface area contributed by atoms with Crippen LogP contribution in [0.1, 0.15) is 20.3 Å². The first-order valence-electron chi connectivity index (χ1n) is 10.5. The number of carbonyl (C=O) groups is 2. The van der Waals surface area contributed by atoms with Crippen molar-refractivity contribution in [1.82, 2.24) is 0 Å². The molecule has 0 N–H and O–H groups in total. The van der Waals surface area contributed by atoms with Crippen LogP contribution in [0.3, 0.4) is 0 Å². The molecule has 0 saturated heterocycles. The Morgan fingerprint density at radius 2 is 0.935 bits per heavy atom. The lowest BCUT2D eigenvalue weighted by Gasteiger charge is -2.08. The van der Waals surface area contributed by atoms with Crippen molar-refractivity contribution >= 4 is 11.9 Å². The van der Waals surface area contributed by atoms with Crippen LogP contribution in [0, 0.1) is 0 Å². The van der Waals surface area contributed by atoms with E-state index >= 15 is 0 Å². The first-order chi connectivity index (χ1) is 15.1. The molecule has 0 fully saturated rings. The second-order valence-corrected chi connectivity index (χ2v) is 6.15. The molecule has 0 heterocycles. The molecule has 0 aliphatic rings. The lowest BCUT2D eigenvalue weighted by molar-refractivity contribution is -0.144. The Bertz CT molecular complexity index is 455. The molecule has 0 rings (SSSR count). The summed E-state index contributed by atoms with van der Waals surface area (Å²) in [7, 11) is 0. The first kappa shape index (κ1) is 29.4. The smallest absolute Gasteiger partial charge is 0.333 e. The predicted molar refractivity (Wildman–Crippen MR) is 112 cm³/mol. The van der Waals surface area contributed by atoms with Gasteiger partial charge in [-0.15, -0.1) is 0 Å². The lowest BCUT2D eigenvalue weighted by atomic mass is 10.4. The molecule has 0 aliphatic heterocycles. The second-order valence-electron chi connectivity index (χ2n) is 6.15. The lowest BCUT2D eigenvalue weighted by Crippen LogP contribution is -2.15. The van der Waals surface area contributed by atoms with Crippen LogP contribution >= 0.6 is 0 Å². The number of hydrogen-bond acceptors (Lipinski definition) is 10. The molecule has 0 saturated carbocycles. The SMILES string of the molecule is C=C(C)C(=O)OCCOCCOCCOCCOCCOCCOCCC(=O)OCC. The fraction of sp³-hybridized carbons (Fsp3) is 0.810. The molecule has 0 aromatic rings. The zero-order chi connectivity index (χ0) is 23.0. The number of esters is 2. The fourth-order valence-corrected chi connectivity index (χ4v) is 1.91. The maximum Gasteiger partial charge on any atom is 0.333 e. The largest absolute Gasteiger partial charge is 0.466 e. The van der Waals surface area contributed by atoms with Gasteiger partial charge in [-0.1, -0.05) is 6.58 Å². The van der Waals surface area contributed by atoms with E-state index in [2.05, 4.69) is 6.58 Å². The minimum atomic E-state index is -0.414. The van der Waals surface area contributed by atoms with E-state index in [-0.39, 0.29) is 19.0 Å². The van der Waals surface area contributed by atoms with Gasteiger partial charge in [-0.3, -0.25) is 4.79 Å². The highest BCUT2D eigenvalue weighted by molar-refractivity contribution is 5.86. The van der Waals surface area contributed by atoms with Gasteiger partial charge in [0.1, 0.15) is 6.61 Å². The van der Waals surface area contributed by atoms with E-state index in [0.717, 1.165) is 0 Å². The van der Waals surface area contributed by atoms with Crippen molar-refractivity contribution in [1.29, 1.82) is 0 Å². The second kappa shape index (κ2) is 23.1. The Kier molecular flexibility index (Phi) is 21.9. The fourth-order valence-electron chi connectivity index (χ4n) is 1.91. The summed E-state index contributed by atoms with van der Waals surface area (Å²) in [5.41, 5.74) is 0.369. The van der Waals surface area contributed by atoms with Crippen molar-refractivity contribution in [3.05, 3.63) is 12.2 Å². The Balaban J connectivity index is 3.10. The Labute approximate surface area is 185 Å². The average Bonchev–Trinajstić information content (AvgIpc) is 2.74. The third-order valence-electron chi connectivity index (χ3n) is 3.43. The van der Waals surface area contributed by atoms with E-state index in [9.17, 15) is 9.59 Å². The van der Waals surface area contributed by atoms with E-state index in [1.165, 1.54) is 0 Å². The van der Waals surface area contributed by atoms with E-state index in [0.29, 0.717) is 91.5 Å². The summed E-state index contributed by atoms with van der Waals surface area (Å²) in [5.74, 6) is -0.669. The van der Waals surface area contributed by atoms with Gasteiger partial charge >= 0.3 is 11.9 Å². The molecule has 10 heteroatoms. The van der Waals surface area contributed by atoms with Gasteiger partial charge < -0.3 is 37.9 Å². The molecule has 0 atom stereocenters. The molecule has 0 aromatic carbocycles.